The number of nitrogens with zero attached hydrogens (tertiary/aromatic N) is 5. The molecule has 2 heterocycles. The van der Waals surface area contributed by atoms with Gasteiger partial charge in [-0.1, -0.05) is 36.4 Å². The fourth-order valence-electron chi connectivity index (χ4n) is 5.56. The molecule has 1 unspecified atom stereocenters. The Kier molecular flexibility index (Phi) is 8.87. The summed E-state index contributed by atoms with van der Waals surface area (Å²) in [6.45, 7) is 0.615. The first kappa shape index (κ1) is 29.5. The number of carbonyl (C=O) groups is 3. The van der Waals surface area contributed by atoms with Crippen molar-refractivity contribution >= 4 is 17.8 Å². The number of fused-ring (bicyclic) bond motifs is 1. The highest BCUT2D eigenvalue weighted by molar-refractivity contribution is 5.91. The fraction of sp³-hybridized carbons (Fsp3) is 0.312. The molecule has 0 radical (unpaired) electrons. The number of hydrogen-bond acceptors (Lipinski definition) is 6. The van der Waals surface area contributed by atoms with E-state index in [0.29, 0.717) is 18.5 Å². The number of benzene rings is 3. The van der Waals surface area contributed by atoms with Crippen molar-refractivity contribution in [3.8, 4) is 11.8 Å². The van der Waals surface area contributed by atoms with Crippen molar-refractivity contribution in [1.29, 1.82) is 5.26 Å². The van der Waals surface area contributed by atoms with Crippen LogP contribution in [0.5, 0.6) is 5.75 Å². The van der Waals surface area contributed by atoms with Crippen molar-refractivity contribution in [3.05, 3.63) is 101 Å². The van der Waals surface area contributed by atoms with Gasteiger partial charge in [0.25, 0.3) is 0 Å². The van der Waals surface area contributed by atoms with Gasteiger partial charge in [0, 0.05) is 26.6 Å². The van der Waals surface area contributed by atoms with E-state index < -0.39 is 18.2 Å². The number of likely N-dealkylation sites (N-methyl/N-ethyl adjacent to an activating group) is 1. The van der Waals surface area contributed by atoms with Gasteiger partial charge in [-0.2, -0.15) is 5.26 Å². The Balaban J connectivity index is 1.41. The highest BCUT2D eigenvalue weighted by atomic mass is 19.1. The number of amides is 4. The van der Waals surface area contributed by atoms with Crippen molar-refractivity contribution in [2.45, 2.75) is 31.6 Å². The van der Waals surface area contributed by atoms with Crippen LogP contribution in [-0.4, -0.2) is 83.7 Å². The zero-order valence-electron chi connectivity index (χ0n) is 24.1. The third-order valence-electron chi connectivity index (χ3n) is 7.85. The number of nitriles is 1. The van der Waals surface area contributed by atoms with Crippen molar-refractivity contribution in [2.24, 2.45) is 0 Å². The van der Waals surface area contributed by atoms with Gasteiger partial charge in [-0.25, -0.2) is 19.2 Å². The lowest BCUT2D eigenvalue weighted by Gasteiger charge is -2.54. The number of hydrogen-bond donors (Lipinski definition) is 1. The Morgan fingerprint density at radius 2 is 1.65 bits per heavy atom. The van der Waals surface area contributed by atoms with Gasteiger partial charge in [0.15, 0.2) is 0 Å². The van der Waals surface area contributed by atoms with Gasteiger partial charge < -0.3 is 19.9 Å². The van der Waals surface area contributed by atoms with Crippen LogP contribution >= 0.6 is 0 Å². The van der Waals surface area contributed by atoms with Crippen LogP contribution in [-0.2, 0) is 29.0 Å². The quantitative estimate of drug-likeness (QED) is 0.436. The zero-order chi connectivity index (χ0) is 30.5. The molecule has 4 amide bonds. The van der Waals surface area contributed by atoms with Crippen molar-refractivity contribution < 1.29 is 23.5 Å². The van der Waals surface area contributed by atoms with E-state index in [9.17, 15) is 24.0 Å². The molecular formula is C32H33FN6O4. The van der Waals surface area contributed by atoms with Gasteiger partial charge in [-0.15, -0.1) is 0 Å². The summed E-state index contributed by atoms with van der Waals surface area (Å²) < 4.78 is 18.6. The molecular weight excluding hydrogens is 551 g/mol. The van der Waals surface area contributed by atoms with Gasteiger partial charge in [-0.05, 0) is 59.5 Å². The summed E-state index contributed by atoms with van der Waals surface area (Å²) in [5, 5.41) is 15.1. The fourth-order valence-corrected chi connectivity index (χ4v) is 5.56. The number of rotatable bonds is 8. The minimum absolute atomic E-state index is 0.0799. The van der Waals surface area contributed by atoms with E-state index in [1.165, 1.54) is 22.0 Å². The first-order chi connectivity index (χ1) is 20.8. The van der Waals surface area contributed by atoms with Crippen LogP contribution in [0.3, 0.4) is 0 Å². The first-order valence-electron chi connectivity index (χ1n) is 14.0. The molecule has 0 aromatic heterocycles. The molecule has 5 rings (SSSR count). The molecule has 3 aromatic rings. The van der Waals surface area contributed by atoms with E-state index in [4.69, 9.17) is 4.74 Å². The number of ether oxygens (including phenoxy) is 1. The number of carbonyl (C=O) groups excluding carboxylic acids is 3. The summed E-state index contributed by atoms with van der Waals surface area (Å²) in [4.78, 5) is 44.3. The topological polar surface area (TPSA) is 109 Å². The lowest BCUT2D eigenvalue weighted by Crippen LogP contribution is -2.76. The molecule has 2 aliphatic heterocycles. The Labute approximate surface area is 249 Å². The number of halogens is 1. The molecule has 0 aliphatic carbocycles. The molecule has 0 spiro atoms. The van der Waals surface area contributed by atoms with Crippen LogP contribution in [0, 0.1) is 17.1 Å². The van der Waals surface area contributed by atoms with Crippen LogP contribution < -0.4 is 10.1 Å². The van der Waals surface area contributed by atoms with E-state index in [1.807, 2.05) is 24.3 Å². The van der Waals surface area contributed by atoms with E-state index in [1.54, 1.807) is 60.5 Å². The van der Waals surface area contributed by atoms with Gasteiger partial charge >= 0.3 is 6.03 Å². The Bertz CT molecular complexity index is 1510. The number of piperazine rings is 1. The lowest BCUT2D eigenvalue weighted by molar-refractivity contribution is -0.186. The summed E-state index contributed by atoms with van der Waals surface area (Å²) in [5.74, 6) is -0.0764. The van der Waals surface area contributed by atoms with E-state index in [-0.39, 0.29) is 43.7 Å². The molecule has 3 aromatic carbocycles. The average Bonchev–Trinajstić information content (AvgIpc) is 3.01. The van der Waals surface area contributed by atoms with Gasteiger partial charge in [0.2, 0.25) is 11.8 Å². The van der Waals surface area contributed by atoms with Crippen molar-refractivity contribution in [3.63, 3.8) is 0 Å². The minimum atomic E-state index is -0.837. The predicted molar refractivity (Wildman–Crippen MR) is 156 cm³/mol. The molecule has 2 atom stereocenters. The molecule has 2 aliphatic rings. The second kappa shape index (κ2) is 12.9. The van der Waals surface area contributed by atoms with E-state index in [0.717, 1.165) is 22.4 Å². The van der Waals surface area contributed by atoms with Crippen LogP contribution in [0.15, 0.2) is 72.8 Å². The second-order valence-corrected chi connectivity index (χ2v) is 10.6. The van der Waals surface area contributed by atoms with Crippen molar-refractivity contribution in [2.75, 3.05) is 33.8 Å². The molecule has 0 bridgehead atoms. The van der Waals surface area contributed by atoms with Crippen molar-refractivity contribution in [1.82, 2.24) is 25.1 Å². The lowest BCUT2D eigenvalue weighted by atomic mass is 9.98. The zero-order valence-corrected chi connectivity index (χ0v) is 24.1. The van der Waals surface area contributed by atoms with Gasteiger partial charge in [0.1, 0.15) is 23.8 Å². The Morgan fingerprint density at radius 1 is 1.00 bits per heavy atom. The molecule has 1 N–H and O–H groups in total. The number of methoxy groups -OCH3 is 1. The number of nitrogens with one attached hydrogen (secondary N) is 1. The first-order valence-corrected chi connectivity index (χ1v) is 14.0. The third kappa shape index (κ3) is 6.60. The normalized spacial score (nSPS) is 18.7. The maximum atomic E-state index is 14.0. The summed E-state index contributed by atoms with van der Waals surface area (Å²) >= 11 is 0. The van der Waals surface area contributed by atoms with Crippen LogP contribution in [0.25, 0.3) is 0 Å². The number of hydrazine groups is 1. The standard InChI is InChI=1S/C32H33FN6O4/c1-36-21-30(40)38-28(17-23-3-5-24(18-34)6-4-23)31(41)37(16-15-22-9-13-27(43-2)14-10-22)20-29(38)39(36)32(42)35-19-25-7-11-26(33)12-8-25/h3-14,28-29H,15-17,19-21H2,1-2H3,(H,35,42)/t28?,29-/m0/s1. The van der Waals surface area contributed by atoms with Gasteiger partial charge in [-0.3, -0.25) is 9.59 Å². The molecule has 2 fully saturated rings. The summed E-state index contributed by atoms with van der Waals surface area (Å²) in [5.41, 5.74) is 3.04. The highest BCUT2D eigenvalue weighted by Crippen LogP contribution is 2.28. The summed E-state index contributed by atoms with van der Waals surface area (Å²) in [6, 6.07) is 21.2. The highest BCUT2D eigenvalue weighted by Gasteiger charge is 2.50. The van der Waals surface area contributed by atoms with E-state index >= 15 is 0 Å². The average molecular weight is 585 g/mol. The third-order valence-corrected chi connectivity index (χ3v) is 7.85. The molecule has 11 heteroatoms. The Morgan fingerprint density at radius 3 is 2.30 bits per heavy atom. The molecule has 2 saturated heterocycles. The second-order valence-electron chi connectivity index (χ2n) is 10.6. The predicted octanol–water partition coefficient (Wildman–Crippen LogP) is 2.93. The largest absolute Gasteiger partial charge is 0.497 e. The maximum Gasteiger partial charge on any atom is 0.334 e. The molecule has 10 nitrogen and oxygen atoms in total. The minimum Gasteiger partial charge on any atom is -0.497 e. The summed E-state index contributed by atoms with van der Waals surface area (Å²) in [7, 11) is 3.27. The van der Waals surface area contributed by atoms with Crippen LogP contribution in [0.2, 0.25) is 0 Å². The maximum absolute atomic E-state index is 14.0. The smallest absolute Gasteiger partial charge is 0.334 e. The van der Waals surface area contributed by atoms with Crippen LogP contribution in [0.4, 0.5) is 9.18 Å². The molecule has 222 valence electrons. The van der Waals surface area contributed by atoms with Crippen LogP contribution in [0.1, 0.15) is 22.3 Å². The van der Waals surface area contributed by atoms with E-state index in [2.05, 4.69) is 11.4 Å². The van der Waals surface area contributed by atoms with Gasteiger partial charge in [0.05, 0.1) is 31.8 Å². The SMILES string of the molecule is COc1ccc(CCN2C[C@H]3N(C(=O)CN(C)N3C(=O)NCc3ccc(F)cc3)C(Cc3ccc(C#N)cc3)C2=O)cc1. The summed E-state index contributed by atoms with van der Waals surface area (Å²) in [6.07, 6.45) is 0.0732. The molecule has 43 heavy (non-hydrogen) atoms. The molecule has 0 saturated carbocycles. The Hall–Kier alpha value is -4.95. The number of urea groups is 1. The monoisotopic (exact) mass is 584 g/mol.